The number of ether oxygens (including phenoxy) is 1. The summed E-state index contributed by atoms with van der Waals surface area (Å²) in [5.41, 5.74) is 0. The van der Waals surface area contributed by atoms with Crippen LogP contribution in [-0.2, 0) is 4.74 Å². The third-order valence-electron chi connectivity index (χ3n) is 3.78. The van der Waals surface area contributed by atoms with E-state index in [1.165, 1.54) is 19.4 Å². The van der Waals surface area contributed by atoms with E-state index >= 15 is 0 Å². The molecule has 0 amide bonds. The zero-order chi connectivity index (χ0) is 13.9. The van der Waals surface area contributed by atoms with E-state index in [9.17, 15) is 0 Å². The van der Waals surface area contributed by atoms with Gasteiger partial charge in [0, 0.05) is 26.2 Å². The predicted octanol–water partition coefficient (Wildman–Crippen LogP) is 0.842. The van der Waals surface area contributed by atoms with Crippen molar-refractivity contribution in [3.63, 3.8) is 0 Å². The summed E-state index contributed by atoms with van der Waals surface area (Å²) in [5, 5.41) is 6.20. The molecule has 20 heavy (non-hydrogen) atoms. The van der Waals surface area contributed by atoms with Crippen molar-refractivity contribution in [3.8, 4) is 0 Å². The van der Waals surface area contributed by atoms with E-state index in [1.807, 2.05) is 0 Å². The summed E-state index contributed by atoms with van der Waals surface area (Å²) in [6.07, 6.45) is 2.70. The lowest BCUT2D eigenvalue weighted by Crippen LogP contribution is -2.48. The Morgan fingerprint density at radius 3 is 3.05 bits per heavy atom. The Morgan fingerprint density at radius 2 is 2.20 bits per heavy atom. The summed E-state index contributed by atoms with van der Waals surface area (Å²) < 4.78 is 5.88. The van der Waals surface area contributed by atoms with Crippen LogP contribution in [-0.4, -0.2) is 65.3 Å². The zero-order valence-corrected chi connectivity index (χ0v) is 12.2. The molecule has 0 spiro atoms. The highest BCUT2D eigenvalue weighted by atomic mass is 35.5. The third-order valence-corrected chi connectivity index (χ3v) is 3.95. The molecule has 3 rings (SSSR count). The van der Waals surface area contributed by atoms with Crippen molar-refractivity contribution < 1.29 is 4.74 Å². The topological polar surface area (TPSA) is 75.2 Å². The first-order valence-electron chi connectivity index (χ1n) is 6.93. The molecule has 2 atom stereocenters. The summed E-state index contributed by atoms with van der Waals surface area (Å²) in [4.78, 5) is 14.7. The lowest BCUT2D eigenvalue weighted by atomic mass is 10.2. The van der Waals surface area contributed by atoms with Crippen molar-refractivity contribution in [2.45, 2.75) is 25.0 Å². The average molecular weight is 299 g/mol. The van der Waals surface area contributed by atoms with Crippen LogP contribution in [0.25, 0.3) is 0 Å². The molecule has 1 aromatic rings. The van der Waals surface area contributed by atoms with Crippen LogP contribution in [0.4, 0.5) is 11.9 Å². The molecule has 110 valence electrons. The highest BCUT2D eigenvalue weighted by Crippen LogP contribution is 2.22. The first-order valence-corrected chi connectivity index (χ1v) is 7.31. The number of morpholine rings is 1. The van der Waals surface area contributed by atoms with Crippen LogP contribution in [0, 0.1) is 0 Å². The molecule has 2 unspecified atom stereocenters. The molecule has 2 aliphatic rings. The maximum absolute atomic E-state index is 5.88. The van der Waals surface area contributed by atoms with Gasteiger partial charge in [-0.2, -0.15) is 15.0 Å². The van der Waals surface area contributed by atoms with Crippen LogP contribution in [0.5, 0.6) is 0 Å². The van der Waals surface area contributed by atoms with Gasteiger partial charge in [-0.25, -0.2) is 0 Å². The van der Waals surface area contributed by atoms with E-state index in [0.29, 0.717) is 24.5 Å². The first-order chi connectivity index (χ1) is 9.74. The largest absolute Gasteiger partial charge is 0.373 e. The van der Waals surface area contributed by atoms with Crippen LogP contribution < -0.4 is 10.6 Å². The lowest BCUT2D eigenvalue weighted by molar-refractivity contribution is -0.0416. The Hall–Kier alpha value is -1.18. The molecule has 2 aliphatic heterocycles. The van der Waals surface area contributed by atoms with Gasteiger partial charge >= 0.3 is 0 Å². The molecular formula is C12H19ClN6O. The second-order valence-corrected chi connectivity index (χ2v) is 5.47. The first kappa shape index (κ1) is 13.8. The highest BCUT2D eigenvalue weighted by molar-refractivity contribution is 6.28. The summed E-state index contributed by atoms with van der Waals surface area (Å²) in [6, 6.07) is 0.619. The van der Waals surface area contributed by atoms with Crippen molar-refractivity contribution >= 4 is 23.5 Å². The SMILES string of the molecule is CNc1nc(Cl)nc(NCC2CN3CCCC3CO2)n1. The van der Waals surface area contributed by atoms with Crippen LogP contribution in [0.3, 0.4) is 0 Å². The van der Waals surface area contributed by atoms with Gasteiger partial charge in [0.05, 0.1) is 12.7 Å². The van der Waals surface area contributed by atoms with Gasteiger partial charge in [0.15, 0.2) is 0 Å². The lowest BCUT2D eigenvalue weighted by Gasteiger charge is -2.35. The highest BCUT2D eigenvalue weighted by Gasteiger charge is 2.32. The van der Waals surface area contributed by atoms with E-state index < -0.39 is 0 Å². The van der Waals surface area contributed by atoms with Gasteiger partial charge in [0.1, 0.15) is 0 Å². The zero-order valence-electron chi connectivity index (χ0n) is 11.5. The van der Waals surface area contributed by atoms with E-state index in [0.717, 1.165) is 13.2 Å². The molecule has 8 heteroatoms. The maximum atomic E-state index is 5.88. The van der Waals surface area contributed by atoms with Gasteiger partial charge in [-0.05, 0) is 31.0 Å². The van der Waals surface area contributed by atoms with Crippen LogP contribution in [0.1, 0.15) is 12.8 Å². The summed E-state index contributed by atoms with van der Waals surface area (Å²) in [5.74, 6) is 0.929. The second kappa shape index (κ2) is 6.07. The Labute approximate surface area is 123 Å². The molecule has 0 aromatic carbocycles. The van der Waals surface area contributed by atoms with E-state index in [-0.39, 0.29) is 11.4 Å². The van der Waals surface area contributed by atoms with Crippen molar-refractivity contribution in [1.29, 1.82) is 0 Å². The molecule has 0 aliphatic carbocycles. The second-order valence-electron chi connectivity index (χ2n) is 5.13. The molecule has 0 bridgehead atoms. The molecule has 3 heterocycles. The van der Waals surface area contributed by atoms with Crippen LogP contribution in [0.15, 0.2) is 0 Å². The molecule has 0 saturated carbocycles. The number of aromatic nitrogens is 3. The summed E-state index contributed by atoms with van der Waals surface area (Å²) in [6.45, 7) is 3.65. The predicted molar refractivity (Wildman–Crippen MR) is 77.2 cm³/mol. The minimum Gasteiger partial charge on any atom is -0.373 e. The summed E-state index contributed by atoms with van der Waals surface area (Å²) in [7, 11) is 1.74. The van der Waals surface area contributed by atoms with Crippen molar-refractivity contribution in [3.05, 3.63) is 5.28 Å². The Balaban J connectivity index is 1.55. The molecular weight excluding hydrogens is 280 g/mol. The number of hydrogen-bond donors (Lipinski definition) is 2. The Morgan fingerprint density at radius 1 is 1.35 bits per heavy atom. The minimum atomic E-state index is 0.165. The fourth-order valence-corrected chi connectivity index (χ4v) is 2.92. The van der Waals surface area contributed by atoms with Crippen LogP contribution >= 0.6 is 11.6 Å². The third kappa shape index (κ3) is 3.11. The number of nitrogens with one attached hydrogen (secondary N) is 2. The van der Waals surface area contributed by atoms with Crippen molar-refractivity contribution in [2.24, 2.45) is 0 Å². The molecule has 7 nitrogen and oxygen atoms in total. The van der Waals surface area contributed by atoms with Gasteiger partial charge in [-0.1, -0.05) is 0 Å². The fraction of sp³-hybridized carbons (Fsp3) is 0.750. The normalized spacial score (nSPS) is 26.3. The van der Waals surface area contributed by atoms with E-state index in [4.69, 9.17) is 16.3 Å². The number of halogens is 1. The van der Waals surface area contributed by atoms with Crippen molar-refractivity contribution in [1.82, 2.24) is 19.9 Å². The Bertz CT molecular complexity index is 473. The van der Waals surface area contributed by atoms with E-state index in [2.05, 4.69) is 30.5 Å². The molecule has 2 saturated heterocycles. The van der Waals surface area contributed by atoms with E-state index in [1.54, 1.807) is 7.05 Å². The molecule has 1 aromatic heterocycles. The number of rotatable bonds is 4. The number of fused-ring (bicyclic) bond motifs is 1. The number of nitrogens with zero attached hydrogens (tertiary/aromatic N) is 4. The smallest absolute Gasteiger partial charge is 0.228 e. The Kier molecular flexibility index (Phi) is 4.18. The number of anilines is 2. The van der Waals surface area contributed by atoms with Gasteiger partial charge in [0.2, 0.25) is 17.2 Å². The fourth-order valence-electron chi connectivity index (χ4n) is 2.76. The van der Waals surface area contributed by atoms with Gasteiger partial charge in [-0.15, -0.1) is 0 Å². The monoisotopic (exact) mass is 298 g/mol. The van der Waals surface area contributed by atoms with Gasteiger partial charge < -0.3 is 15.4 Å². The van der Waals surface area contributed by atoms with Gasteiger partial charge in [-0.3, -0.25) is 4.90 Å². The standard InChI is InChI=1S/C12H19ClN6O/c1-14-11-16-10(13)17-12(18-11)15-5-9-6-19-4-2-3-8(19)7-20-9/h8-9H,2-7H2,1H3,(H2,14,15,16,17,18). The molecule has 0 radical (unpaired) electrons. The van der Waals surface area contributed by atoms with Crippen LogP contribution in [0.2, 0.25) is 5.28 Å². The molecule has 2 N–H and O–H groups in total. The number of hydrogen-bond acceptors (Lipinski definition) is 7. The quantitative estimate of drug-likeness (QED) is 0.853. The van der Waals surface area contributed by atoms with Gasteiger partial charge in [0.25, 0.3) is 0 Å². The minimum absolute atomic E-state index is 0.165. The van der Waals surface area contributed by atoms with Crippen molar-refractivity contribution in [2.75, 3.05) is 43.9 Å². The average Bonchev–Trinajstić information content (AvgIpc) is 2.92. The maximum Gasteiger partial charge on any atom is 0.228 e. The summed E-state index contributed by atoms with van der Waals surface area (Å²) >= 11 is 5.84. The molecule has 2 fully saturated rings.